The van der Waals surface area contributed by atoms with Crippen LogP contribution in [0.15, 0.2) is 30.6 Å². The Morgan fingerprint density at radius 1 is 1.28 bits per heavy atom. The largest absolute Gasteiger partial charge is 0.391 e. The number of thiophene rings is 1. The zero-order valence-electron chi connectivity index (χ0n) is 10.3. The zero-order valence-corrected chi connectivity index (χ0v) is 11.1. The van der Waals surface area contributed by atoms with Gasteiger partial charge in [0.15, 0.2) is 5.82 Å². The van der Waals surface area contributed by atoms with Gasteiger partial charge in [0.05, 0.1) is 21.6 Å². The first-order valence-corrected chi connectivity index (χ1v) is 6.66. The van der Waals surface area contributed by atoms with Gasteiger partial charge in [0.25, 0.3) is 0 Å². The normalized spacial score (nSPS) is 11.5. The molecule has 3 rings (SSSR count). The molecule has 0 aliphatic heterocycles. The van der Waals surface area contributed by atoms with Gasteiger partial charge < -0.3 is 10.3 Å². The highest BCUT2D eigenvalue weighted by Crippen LogP contribution is 2.33. The molecule has 0 radical (unpaired) electrons. The van der Waals surface area contributed by atoms with Gasteiger partial charge in [-0.3, -0.25) is 4.98 Å². The minimum absolute atomic E-state index is 0.343. The van der Waals surface area contributed by atoms with E-state index in [1.807, 2.05) is 18.2 Å². The van der Waals surface area contributed by atoms with Gasteiger partial charge in [-0.15, -0.1) is 11.3 Å². The molecular formula is C13H14N4S. The van der Waals surface area contributed by atoms with Gasteiger partial charge >= 0.3 is 0 Å². The first kappa shape index (κ1) is 11.2. The third-order valence-electron chi connectivity index (χ3n) is 2.86. The molecule has 0 bridgehead atoms. The lowest BCUT2D eigenvalue weighted by Crippen LogP contribution is -2.02. The van der Waals surface area contributed by atoms with Crippen molar-refractivity contribution in [3.63, 3.8) is 0 Å². The summed E-state index contributed by atoms with van der Waals surface area (Å²) in [6.45, 7) is 4.31. The summed E-state index contributed by atoms with van der Waals surface area (Å²) in [4.78, 5) is 9.90. The maximum atomic E-state index is 5.81. The third kappa shape index (κ3) is 1.67. The van der Waals surface area contributed by atoms with E-state index in [2.05, 4.69) is 28.4 Å². The Hall–Kier alpha value is -1.88. The topological polar surface area (TPSA) is 56.7 Å². The first-order valence-electron chi connectivity index (χ1n) is 5.84. The molecule has 0 saturated carbocycles. The molecule has 3 heterocycles. The molecule has 0 spiro atoms. The average molecular weight is 258 g/mol. The van der Waals surface area contributed by atoms with Crippen LogP contribution in [0.4, 0.5) is 5.00 Å². The lowest BCUT2D eigenvalue weighted by Gasteiger charge is -2.11. The summed E-state index contributed by atoms with van der Waals surface area (Å²) in [7, 11) is 0. The van der Waals surface area contributed by atoms with Crippen LogP contribution in [-0.2, 0) is 0 Å². The monoisotopic (exact) mass is 258 g/mol. The molecule has 0 atom stereocenters. The number of nitrogens with two attached hydrogens (primary N) is 1. The number of fused-ring (bicyclic) bond motifs is 1. The van der Waals surface area contributed by atoms with Crippen LogP contribution >= 0.6 is 11.3 Å². The fraction of sp³-hybridized carbons (Fsp3) is 0.231. The number of pyridine rings is 1. The average Bonchev–Trinajstić information content (AvgIpc) is 2.91. The summed E-state index contributed by atoms with van der Waals surface area (Å²) in [5.74, 6) is 0.967. The van der Waals surface area contributed by atoms with Gasteiger partial charge in [-0.25, -0.2) is 4.98 Å². The molecular weight excluding hydrogens is 244 g/mol. The number of nitrogen functional groups attached to an aromatic ring is 1. The van der Waals surface area contributed by atoms with Crippen LogP contribution in [0.2, 0.25) is 0 Å². The van der Waals surface area contributed by atoms with Crippen LogP contribution in [0, 0.1) is 0 Å². The number of hydrogen-bond acceptors (Lipinski definition) is 4. The van der Waals surface area contributed by atoms with E-state index in [1.165, 1.54) is 0 Å². The Balaban J connectivity index is 2.31. The van der Waals surface area contributed by atoms with Gasteiger partial charge in [-0.2, -0.15) is 0 Å². The SMILES string of the molecule is CC(C)n1c(-c2ccc(N)s2)nc2cnccc21. The van der Waals surface area contributed by atoms with Crippen LogP contribution in [0.3, 0.4) is 0 Å². The first-order chi connectivity index (χ1) is 8.66. The van der Waals surface area contributed by atoms with Crippen molar-refractivity contribution in [3.05, 3.63) is 30.6 Å². The fourth-order valence-corrected chi connectivity index (χ4v) is 2.88. The van der Waals surface area contributed by atoms with Crippen molar-refractivity contribution in [1.82, 2.24) is 14.5 Å². The van der Waals surface area contributed by atoms with E-state index in [1.54, 1.807) is 23.7 Å². The Morgan fingerprint density at radius 3 is 2.78 bits per heavy atom. The van der Waals surface area contributed by atoms with Crippen molar-refractivity contribution in [1.29, 1.82) is 0 Å². The number of aromatic nitrogens is 3. The highest BCUT2D eigenvalue weighted by molar-refractivity contribution is 7.19. The van der Waals surface area contributed by atoms with Crippen LogP contribution in [0.5, 0.6) is 0 Å². The summed E-state index contributed by atoms with van der Waals surface area (Å²) in [5.41, 5.74) is 7.84. The lowest BCUT2D eigenvalue weighted by atomic mass is 10.3. The van der Waals surface area contributed by atoms with Crippen molar-refractivity contribution < 1.29 is 0 Å². The van der Waals surface area contributed by atoms with Crippen LogP contribution in [-0.4, -0.2) is 14.5 Å². The van der Waals surface area contributed by atoms with E-state index >= 15 is 0 Å². The number of rotatable bonds is 2. The molecule has 3 aromatic heterocycles. The van der Waals surface area contributed by atoms with E-state index < -0.39 is 0 Å². The molecule has 0 aliphatic carbocycles. The van der Waals surface area contributed by atoms with E-state index in [0.29, 0.717) is 6.04 Å². The molecule has 2 N–H and O–H groups in total. The highest BCUT2D eigenvalue weighted by Gasteiger charge is 2.15. The molecule has 0 saturated heterocycles. The standard InChI is InChI=1S/C13H14N4S/c1-8(2)17-10-5-6-15-7-9(10)16-13(17)11-3-4-12(14)18-11/h3-8H,14H2,1-2H3. The quantitative estimate of drug-likeness (QED) is 0.767. The Bertz CT molecular complexity index is 696. The van der Waals surface area contributed by atoms with Crippen molar-refractivity contribution >= 4 is 27.4 Å². The molecule has 3 aromatic rings. The third-order valence-corrected chi connectivity index (χ3v) is 3.77. The van der Waals surface area contributed by atoms with Gasteiger partial charge in [-0.05, 0) is 32.0 Å². The van der Waals surface area contributed by atoms with Gasteiger partial charge in [0.1, 0.15) is 5.52 Å². The number of nitrogens with zero attached hydrogens (tertiary/aromatic N) is 3. The lowest BCUT2D eigenvalue weighted by molar-refractivity contribution is 0.625. The highest BCUT2D eigenvalue weighted by atomic mass is 32.1. The summed E-state index contributed by atoms with van der Waals surface area (Å²) in [5, 5.41) is 0.811. The van der Waals surface area contributed by atoms with Crippen LogP contribution in [0.25, 0.3) is 21.7 Å². The molecule has 0 aromatic carbocycles. The molecule has 0 amide bonds. The maximum absolute atomic E-state index is 5.81. The predicted octanol–water partition coefficient (Wildman–Crippen LogP) is 3.32. The van der Waals surface area contributed by atoms with Gasteiger partial charge in [0.2, 0.25) is 0 Å². The summed E-state index contributed by atoms with van der Waals surface area (Å²) >= 11 is 1.56. The van der Waals surface area contributed by atoms with E-state index in [0.717, 1.165) is 26.7 Å². The molecule has 4 nitrogen and oxygen atoms in total. The Labute approximate surface area is 109 Å². The van der Waals surface area contributed by atoms with Crippen molar-refractivity contribution in [2.75, 3.05) is 5.73 Å². The molecule has 18 heavy (non-hydrogen) atoms. The van der Waals surface area contributed by atoms with E-state index in [-0.39, 0.29) is 0 Å². The summed E-state index contributed by atoms with van der Waals surface area (Å²) < 4.78 is 2.22. The van der Waals surface area contributed by atoms with Gasteiger partial charge in [0, 0.05) is 12.2 Å². The van der Waals surface area contributed by atoms with Crippen molar-refractivity contribution in [3.8, 4) is 10.7 Å². The van der Waals surface area contributed by atoms with Crippen LogP contribution < -0.4 is 5.73 Å². The maximum Gasteiger partial charge on any atom is 0.151 e. The Kier molecular flexibility index (Phi) is 2.56. The summed E-state index contributed by atoms with van der Waals surface area (Å²) in [6, 6.07) is 6.29. The smallest absolute Gasteiger partial charge is 0.151 e. The summed E-state index contributed by atoms with van der Waals surface area (Å²) in [6.07, 6.45) is 3.60. The number of anilines is 1. The van der Waals surface area contributed by atoms with E-state index in [9.17, 15) is 0 Å². The second-order valence-electron chi connectivity index (χ2n) is 4.47. The molecule has 5 heteroatoms. The molecule has 0 aliphatic rings. The molecule has 0 unspecified atom stereocenters. The van der Waals surface area contributed by atoms with Gasteiger partial charge in [-0.1, -0.05) is 0 Å². The Morgan fingerprint density at radius 2 is 2.11 bits per heavy atom. The fourth-order valence-electron chi connectivity index (χ4n) is 2.12. The minimum Gasteiger partial charge on any atom is -0.391 e. The minimum atomic E-state index is 0.343. The predicted molar refractivity (Wildman–Crippen MR) is 75.6 cm³/mol. The number of imidazole rings is 1. The van der Waals surface area contributed by atoms with Crippen molar-refractivity contribution in [2.45, 2.75) is 19.9 Å². The number of hydrogen-bond donors (Lipinski definition) is 1. The van der Waals surface area contributed by atoms with Crippen LogP contribution in [0.1, 0.15) is 19.9 Å². The second-order valence-corrected chi connectivity index (χ2v) is 5.58. The molecule has 0 fully saturated rings. The van der Waals surface area contributed by atoms with E-state index in [4.69, 9.17) is 5.73 Å². The van der Waals surface area contributed by atoms with Crippen molar-refractivity contribution in [2.24, 2.45) is 0 Å². The molecule has 92 valence electrons. The second kappa shape index (κ2) is 4.10. The zero-order chi connectivity index (χ0) is 12.7.